The van der Waals surface area contributed by atoms with Gasteiger partial charge in [-0.3, -0.25) is 4.90 Å². The fourth-order valence-corrected chi connectivity index (χ4v) is 2.43. The van der Waals surface area contributed by atoms with Gasteiger partial charge in [-0.2, -0.15) is 13.2 Å². The van der Waals surface area contributed by atoms with Crippen molar-refractivity contribution in [2.75, 3.05) is 47.4 Å². The lowest BCUT2D eigenvalue weighted by Crippen LogP contribution is -2.39. The molecule has 0 fully saturated rings. The van der Waals surface area contributed by atoms with Gasteiger partial charge in [0.25, 0.3) is 0 Å². The average Bonchev–Trinajstić information content (AvgIpc) is 2.61. The van der Waals surface area contributed by atoms with Gasteiger partial charge in [0.2, 0.25) is 0 Å². The summed E-state index contributed by atoms with van der Waals surface area (Å²) in [6, 6.07) is 5.52. The van der Waals surface area contributed by atoms with Crippen LogP contribution < -0.4 is 20.1 Å². The topological polar surface area (TPSA) is 58.1 Å². The zero-order valence-corrected chi connectivity index (χ0v) is 19.1. The van der Waals surface area contributed by atoms with Gasteiger partial charge in [0.05, 0.1) is 27.3 Å². The summed E-state index contributed by atoms with van der Waals surface area (Å²) in [5, 5.41) is 6.25. The van der Waals surface area contributed by atoms with E-state index in [9.17, 15) is 13.2 Å². The molecule has 0 amide bonds. The van der Waals surface area contributed by atoms with Crippen LogP contribution >= 0.6 is 24.0 Å². The normalized spacial score (nSPS) is 11.8. The Kier molecular flexibility index (Phi) is 13.0. The van der Waals surface area contributed by atoms with Crippen molar-refractivity contribution in [2.24, 2.45) is 4.99 Å². The second-order valence-corrected chi connectivity index (χ2v) is 6.01. The second kappa shape index (κ2) is 13.7. The number of halogens is 4. The van der Waals surface area contributed by atoms with E-state index in [1.165, 1.54) is 11.9 Å². The van der Waals surface area contributed by atoms with Crippen molar-refractivity contribution in [3.63, 3.8) is 0 Å². The minimum absolute atomic E-state index is 0. The number of ether oxygens (including phenoxy) is 2. The molecule has 1 aromatic carbocycles. The maximum Gasteiger partial charge on any atom is 0.401 e. The van der Waals surface area contributed by atoms with E-state index in [2.05, 4.69) is 15.6 Å². The summed E-state index contributed by atoms with van der Waals surface area (Å²) in [5.41, 5.74) is 0.903. The van der Waals surface area contributed by atoms with Crippen molar-refractivity contribution in [3.05, 3.63) is 23.8 Å². The third kappa shape index (κ3) is 10.8. The Morgan fingerprint density at radius 2 is 1.89 bits per heavy atom. The molecule has 0 radical (unpaired) electrons. The molecular formula is C18H30F3IN4O2. The molecule has 28 heavy (non-hydrogen) atoms. The Balaban J connectivity index is 0.00000729. The van der Waals surface area contributed by atoms with Crippen molar-refractivity contribution < 1.29 is 22.6 Å². The molecule has 1 rings (SSSR count). The highest BCUT2D eigenvalue weighted by molar-refractivity contribution is 14.0. The molecule has 0 unspecified atom stereocenters. The molecule has 0 aliphatic carbocycles. The van der Waals surface area contributed by atoms with Crippen molar-refractivity contribution >= 4 is 29.9 Å². The Hall–Kier alpha value is -1.43. The number of benzene rings is 1. The number of alkyl halides is 3. The number of methoxy groups -OCH3 is 2. The predicted molar refractivity (Wildman–Crippen MR) is 116 cm³/mol. The number of guanidine groups is 1. The fourth-order valence-electron chi connectivity index (χ4n) is 2.43. The van der Waals surface area contributed by atoms with Gasteiger partial charge < -0.3 is 20.1 Å². The van der Waals surface area contributed by atoms with E-state index in [4.69, 9.17) is 9.47 Å². The lowest BCUT2D eigenvalue weighted by molar-refractivity contribution is -0.143. The van der Waals surface area contributed by atoms with E-state index in [0.717, 1.165) is 5.56 Å². The smallest absolute Gasteiger partial charge is 0.401 e. The summed E-state index contributed by atoms with van der Waals surface area (Å²) in [7, 11) is 4.64. The maximum absolute atomic E-state index is 12.3. The number of rotatable bonds is 10. The second-order valence-electron chi connectivity index (χ2n) is 6.01. The highest BCUT2D eigenvalue weighted by Crippen LogP contribution is 2.25. The summed E-state index contributed by atoms with van der Waals surface area (Å²) in [4.78, 5) is 5.76. The van der Waals surface area contributed by atoms with Crippen molar-refractivity contribution in [2.45, 2.75) is 26.1 Å². The molecule has 0 saturated heterocycles. The fraction of sp³-hybridized carbons (Fsp3) is 0.611. The lowest BCUT2D eigenvalue weighted by atomic mass is 10.2. The summed E-state index contributed by atoms with van der Waals surface area (Å²) >= 11 is 0. The van der Waals surface area contributed by atoms with E-state index in [0.29, 0.717) is 50.1 Å². The molecule has 0 bridgehead atoms. The number of nitrogens with one attached hydrogen (secondary N) is 2. The summed E-state index contributed by atoms with van der Waals surface area (Å²) in [5.74, 6) is 1.99. The van der Waals surface area contributed by atoms with Crippen LogP contribution in [0.1, 0.15) is 18.9 Å². The van der Waals surface area contributed by atoms with Gasteiger partial charge in [-0.25, -0.2) is 4.99 Å². The number of aliphatic imine (C=N–C) groups is 1. The van der Waals surface area contributed by atoms with Crippen LogP contribution in [-0.2, 0) is 6.54 Å². The Bertz CT molecular complexity index is 601. The predicted octanol–water partition coefficient (Wildman–Crippen LogP) is 3.26. The highest BCUT2D eigenvalue weighted by Gasteiger charge is 2.28. The average molecular weight is 518 g/mol. The molecule has 162 valence electrons. The molecular weight excluding hydrogens is 488 g/mol. The van der Waals surface area contributed by atoms with Gasteiger partial charge in [-0.1, -0.05) is 0 Å². The quantitative estimate of drug-likeness (QED) is 0.216. The maximum atomic E-state index is 12.3. The molecule has 0 atom stereocenters. The first-order chi connectivity index (χ1) is 12.8. The van der Waals surface area contributed by atoms with E-state index in [-0.39, 0.29) is 24.0 Å². The van der Waals surface area contributed by atoms with Crippen LogP contribution in [0, 0.1) is 0 Å². The van der Waals surface area contributed by atoms with Gasteiger partial charge in [0, 0.05) is 24.7 Å². The van der Waals surface area contributed by atoms with Crippen LogP contribution in [0.3, 0.4) is 0 Å². The van der Waals surface area contributed by atoms with Crippen LogP contribution in [-0.4, -0.2) is 64.5 Å². The molecule has 1 aromatic rings. The van der Waals surface area contributed by atoms with Gasteiger partial charge in [-0.05, 0) is 39.1 Å². The van der Waals surface area contributed by atoms with Crippen molar-refractivity contribution in [1.82, 2.24) is 15.5 Å². The largest absolute Gasteiger partial charge is 0.497 e. The van der Waals surface area contributed by atoms with Crippen LogP contribution in [0.25, 0.3) is 0 Å². The number of hydrogen-bond acceptors (Lipinski definition) is 4. The Morgan fingerprint density at radius 3 is 2.46 bits per heavy atom. The SMILES string of the molecule is CCNC(=NCc1ccc(OC)cc1OC)NCCCN(C)CC(F)(F)F.I. The highest BCUT2D eigenvalue weighted by atomic mass is 127. The molecule has 2 N–H and O–H groups in total. The van der Waals surface area contributed by atoms with Crippen LogP contribution in [0.5, 0.6) is 11.5 Å². The number of nitrogens with zero attached hydrogens (tertiary/aromatic N) is 2. The Morgan fingerprint density at radius 1 is 1.18 bits per heavy atom. The summed E-state index contributed by atoms with van der Waals surface area (Å²) in [6.07, 6.45) is -3.60. The minimum Gasteiger partial charge on any atom is -0.497 e. The molecule has 0 saturated carbocycles. The standard InChI is InChI=1S/C18H29F3N4O2.HI/c1-5-22-17(23-9-6-10-25(2)13-18(19,20)21)24-12-14-7-8-15(26-3)11-16(14)27-4;/h7-8,11H,5-6,9-10,12-13H2,1-4H3,(H2,22,23,24);1H. The summed E-state index contributed by atoms with van der Waals surface area (Å²) < 4.78 is 47.5. The van der Waals surface area contributed by atoms with Crippen LogP contribution in [0.4, 0.5) is 13.2 Å². The van der Waals surface area contributed by atoms with Gasteiger partial charge in [0.15, 0.2) is 5.96 Å². The molecule has 0 heterocycles. The first-order valence-electron chi connectivity index (χ1n) is 8.77. The molecule has 6 nitrogen and oxygen atoms in total. The minimum atomic E-state index is -4.17. The third-order valence-corrected chi connectivity index (χ3v) is 3.70. The van der Waals surface area contributed by atoms with Gasteiger partial charge in [-0.15, -0.1) is 24.0 Å². The lowest BCUT2D eigenvalue weighted by Gasteiger charge is -2.19. The van der Waals surface area contributed by atoms with E-state index < -0.39 is 12.7 Å². The molecule has 0 aliphatic rings. The monoisotopic (exact) mass is 518 g/mol. The molecule has 10 heteroatoms. The van der Waals surface area contributed by atoms with E-state index in [1.807, 2.05) is 19.1 Å². The molecule has 0 aromatic heterocycles. The van der Waals surface area contributed by atoms with Gasteiger partial charge in [0.1, 0.15) is 11.5 Å². The Labute approximate surface area is 181 Å². The first kappa shape index (κ1) is 26.6. The zero-order valence-electron chi connectivity index (χ0n) is 16.7. The van der Waals surface area contributed by atoms with E-state index >= 15 is 0 Å². The van der Waals surface area contributed by atoms with E-state index in [1.54, 1.807) is 20.3 Å². The summed E-state index contributed by atoms with van der Waals surface area (Å²) in [6.45, 7) is 2.99. The zero-order chi connectivity index (χ0) is 20.3. The van der Waals surface area contributed by atoms with Crippen LogP contribution in [0.2, 0.25) is 0 Å². The van der Waals surface area contributed by atoms with Crippen LogP contribution in [0.15, 0.2) is 23.2 Å². The third-order valence-electron chi connectivity index (χ3n) is 3.70. The number of hydrogen-bond donors (Lipinski definition) is 2. The van der Waals surface area contributed by atoms with Crippen molar-refractivity contribution in [3.8, 4) is 11.5 Å². The molecule has 0 aliphatic heterocycles. The molecule has 0 spiro atoms. The van der Waals surface area contributed by atoms with Gasteiger partial charge >= 0.3 is 6.18 Å². The first-order valence-corrected chi connectivity index (χ1v) is 8.77. The van der Waals surface area contributed by atoms with Crippen molar-refractivity contribution in [1.29, 1.82) is 0 Å².